The molecule has 0 unspecified atom stereocenters. The van der Waals surface area contributed by atoms with E-state index in [1.54, 1.807) is 12.3 Å². The fraction of sp³-hybridized carbons (Fsp3) is 0.688. The van der Waals surface area contributed by atoms with Gasteiger partial charge in [-0.3, -0.25) is 4.79 Å². The molecule has 21 heavy (non-hydrogen) atoms. The van der Waals surface area contributed by atoms with E-state index < -0.39 is 0 Å². The predicted molar refractivity (Wildman–Crippen MR) is 77.3 cm³/mol. The van der Waals surface area contributed by atoms with Crippen molar-refractivity contribution < 1.29 is 18.7 Å². The van der Waals surface area contributed by atoms with Gasteiger partial charge in [0.2, 0.25) is 0 Å². The molecule has 0 N–H and O–H groups in total. The maximum atomic E-state index is 12.8. The molecule has 1 amide bonds. The first-order valence-electron chi connectivity index (χ1n) is 7.75. The van der Waals surface area contributed by atoms with Crippen LogP contribution in [0.3, 0.4) is 0 Å². The maximum absolute atomic E-state index is 12.8. The number of furan rings is 1. The monoisotopic (exact) mass is 293 g/mol. The minimum atomic E-state index is -0.317. The first-order valence-corrected chi connectivity index (χ1v) is 7.75. The van der Waals surface area contributed by atoms with E-state index in [0.29, 0.717) is 31.9 Å². The SMILES string of the molecule is CCCc1occc1C(=O)N1C[C@@H](C)O[C@]2(CCOC2)C1. The van der Waals surface area contributed by atoms with Gasteiger partial charge in [-0.25, -0.2) is 0 Å². The van der Waals surface area contributed by atoms with Gasteiger partial charge in [-0.15, -0.1) is 0 Å². The van der Waals surface area contributed by atoms with Crippen LogP contribution in [0.1, 0.15) is 42.8 Å². The second kappa shape index (κ2) is 5.81. The molecular formula is C16H23NO4. The molecule has 2 aliphatic heterocycles. The van der Waals surface area contributed by atoms with Gasteiger partial charge in [0.15, 0.2) is 0 Å². The van der Waals surface area contributed by atoms with Gasteiger partial charge < -0.3 is 18.8 Å². The zero-order chi connectivity index (χ0) is 14.9. The van der Waals surface area contributed by atoms with E-state index in [9.17, 15) is 4.79 Å². The molecule has 2 atom stereocenters. The molecule has 0 bridgehead atoms. The molecule has 116 valence electrons. The Labute approximate surface area is 125 Å². The Morgan fingerprint density at radius 3 is 3.10 bits per heavy atom. The van der Waals surface area contributed by atoms with Crippen LogP contribution in [0.5, 0.6) is 0 Å². The highest BCUT2D eigenvalue weighted by atomic mass is 16.6. The summed E-state index contributed by atoms with van der Waals surface area (Å²) in [5, 5.41) is 0. The number of ether oxygens (including phenoxy) is 2. The maximum Gasteiger partial charge on any atom is 0.257 e. The van der Waals surface area contributed by atoms with Crippen molar-refractivity contribution in [2.45, 2.75) is 44.8 Å². The highest BCUT2D eigenvalue weighted by molar-refractivity contribution is 5.95. The van der Waals surface area contributed by atoms with Crippen LogP contribution in [0.15, 0.2) is 16.7 Å². The number of hydrogen-bond acceptors (Lipinski definition) is 4. The van der Waals surface area contributed by atoms with E-state index in [1.165, 1.54) is 0 Å². The van der Waals surface area contributed by atoms with Crippen molar-refractivity contribution in [3.63, 3.8) is 0 Å². The summed E-state index contributed by atoms with van der Waals surface area (Å²) in [4.78, 5) is 14.7. The molecule has 5 heteroatoms. The van der Waals surface area contributed by atoms with Crippen molar-refractivity contribution in [3.05, 3.63) is 23.7 Å². The lowest BCUT2D eigenvalue weighted by Gasteiger charge is -2.42. The van der Waals surface area contributed by atoms with Gasteiger partial charge in [0.1, 0.15) is 11.4 Å². The zero-order valence-electron chi connectivity index (χ0n) is 12.8. The van der Waals surface area contributed by atoms with Crippen LogP contribution in [0, 0.1) is 0 Å². The van der Waals surface area contributed by atoms with Crippen LogP contribution in [0.4, 0.5) is 0 Å². The minimum Gasteiger partial charge on any atom is -0.469 e. The second-order valence-corrected chi connectivity index (χ2v) is 6.11. The Hall–Kier alpha value is -1.33. The van der Waals surface area contributed by atoms with Crippen molar-refractivity contribution in [1.29, 1.82) is 0 Å². The zero-order valence-corrected chi connectivity index (χ0v) is 12.8. The minimum absolute atomic E-state index is 0.0333. The lowest BCUT2D eigenvalue weighted by atomic mass is 9.98. The summed E-state index contributed by atoms with van der Waals surface area (Å²) in [7, 11) is 0. The van der Waals surface area contributed by atoms with Gasteiger partial charge in [0.25, 0.3) is 5.91 Å². The Morgan fingerprint density at radius 1 is 1.52 bits per heavy atom. The quantitative estimate of drug-likeness (QED) is 0.857. The van der Waals surface area contributed by atoms with Crippen LogP contribution >= 0.6 is 0 Å². The van der Waals surface area contributed by atoms with Crippen LogP contribution < -0.4 is 0 Å². The summed E-state index contributed by atoms with van der Waals surface area (Å²) in [6.07, 6.45) is 4.25. The molecule has 1 spiro atoms. The molecule has 0 aromatic carbocycles. The predicted octanol–water partition coefficient (Wildman–Crippen LogP) is 2.25. The first kappa shape index (κ1) is 14.6. The number of rotatable bonds is 3. The number of nitrogens with zero attached hydrogens (tertiary/aromatic N) is 1. The molecular weight excluding hydrogens is 270 g/mol. The topological polar surface area (TPSA) is 51.9 Å². The Morgan fingerprint density at radius 2 is 2.38 bits per heavy atom. The number of carbonyl (C=O) groups is 1. The summed E-state index contributed by atoms with van der Waals surface area (Å²) < 4.78 is 17.0. The van der Waals surface area contributed by atoms with Crippen LogP contribution in [0.2, 0.25) is 0 Å². The number of hydrogen-bond donors (Lipinski definition) is 0. The molecule has 2 saturated heterocycles. The normalized spacial score (nSPS) is 29.2. The van der Waals surface area contributed by atoms with Crippen molar-refractivity contribution in [2.24, 2.45) is 0 Å². The van der Waals surface area contributed by atoms with Gasteiger partial charge in [0.05, 0.1) is 31.1 Å². The fourth-order valence-electron chi connectivity index (χ4n) is 3.31. The lowest BCUT2D eigenvalue weighted by molar-refractivity contribution is -0.138. The molecule has 0 saturated carbocycles. The number of amides is 1. The van der Waals surface area contributed by atoms with E-state index >= 15 is 0 Å². The average molecular weight is 293 g/mol. The van der Waals surface area contributed by atoms with Gasteiger partial charge in [-0.05, 0) is 19.4 Å². The summed E-state index contributed by atoms with van der Waals surface area (Å²) in [6, 6.07) is 1.78. The third kappa shape index (κ3) is 2.85. The molecule has 0 aliphatic carbocycles. The smallest absolute Gasteiger partial charge is 0.257 e. The van der Waals surface area contributed by atoms with Crippen molar-refractivity contribution in [1.82, 2.24) is 4.90 Å². The molecule has 5 nitrogen and oxygen atoms in total. The largest absolute Gasteiger partial charge is 0.469 e. The fourth-order valence-corrected chi connectivity index (χ4v) is 3.31. The van der Waals surface area contributed by atoms with Crippen molar-refractivity contribution in [2.75, 3.05) is 26.3 Å². The third-order valence-corrected chi connectivity index (χ3v) is 4.21. The van der Waals surface area contributed by atoms with Crippen molar-refractivity contribution >= 4 is 5.91 Å². The number of morpholine rings is 1. The standard InChI is InChI=1S/C16H23NO4/c1-3-4-14-13(5-7-20-14)15(18)17-9-12(2)21-16(10-17)6-8-19-11-16/h5,7,12H,3-4,6,8-11H2,1-2H3/t12-,16-/m1/s1. The van der Waals surface area contributed by atoms with Crippen molar-refractivity contribution in [3.8, 4) is 0 Å². The highest BCUT2D eigenvalue weighted by Gasteiger charge is 2.44. The van der Waals surface area contributed by atoms with Crippen LogP contribution in [0.25, 0.3) is 0 Å². The number of carbonyl (C=O) groups excluding carboxylic acids is 1. The van der Waals surface area contributed by atoms with Gasteiger partial charge in [-0.2, -0.15) is 0 Å². The molecule has 1 aromatic heterocycles. The summed E-state index contributed by atoms with van der Waals surface area (Å²) in [5.74, 6) is 0.840. The lowest BCUT2D eigenvalue weighted by Crippen LogP contribution is -2.57. The third-order valence-electron chi connectivity index (χ3n) is 4.21. The second-order valence-electron chi connectivity index (χ2n) is 6.11. The number of aryl methyl sites for hydroxylation is 1. The van der Waals surface area contributed by atoms with Gasteiger partial charge in [0, 0.05) is 26.0 Å². The van der Waals surface area contributed by atoms with E-state index in [-0.39, 0.29) is 17.6 Å². The average Bonchev–Trinajstić information content (AvgIpc) is 3.07. The van der Waals surface area contributed by atoms with E-state index in [0.717, 1.165) is 25.0 Å². The van der Waals surface area contributed by atoms with E-state index in [4.69, 9.17) is 13.9 Å². The molecule has 1 aromatic rings. The highest BCUT2D eigenvalue weighted by Crippen LogP contribution is 2.31. The van der Waals surface area contributed by atoms with Gasteiger partial charge in [-0.1, -0.05) is 6.92 Å². The van der Waals surface area contributed by atoms with Crippen LogP contribution in [-0.2, 0) is 15.9 Å². The summed E-state index contributed by atoms with van der Waals surface area (Å²) in [6.45, 7) is 6.61. The van der Waals surface area contributed by atoms with Gasteiger partial charge >= 0.3 is 0 Å². The molecule has 3 rings (SSSR count). The molecule has 2 fully saturated rings. The molecule has 3 heterocycles. The van der Waals surface area contributed by atoms with E-state index in [1.807, 2.05) is 11.8 Å². The van der Waals surface area contributed by atoms with Crippen LogP contribution in [-0.4, -0.2) is 48.8 Å². The molecule has 2 aliphatic rings. The summed E-state index contributed by atoms with van der Waals surface area (Å²) >= 11 is 0. The Balaban J connectivity index is 1.78. The first-order chi connectivity index (χ1) is 10.1. The molecule has 0 radical (unpaired) electrons. The Kier molecular flexibility index (Phi) is 4.04. The van der Waals surface area contributed by atoms with E-state index in [2.05, 4.69) is 6.92 Å². The Bertz CT molecular complexity index is 504. The summed E-state index contributed by atoms with van der Waals surface area (Å²) in [5.41, 5.74) is 0.377.